The summed E-state index contributed by atoms with van der Waals surface area (Å²) < 4.78 is 1.71. The Hall–Kier alpha value is -1.59. The molecule has 0 spiro atoms. The van der Waals surface area contributed by atoms with Crippen molar-refractivity contribution < 1.29 is 0 Å². The molecular formula is C17H15BrN2OS. The Morgan fingerprint density at radius 2 is 1.77 bits per heavy atom. The van der Waals surface area contributed by atoms with Crippen LogP contribution in [0.3, 0.4) is 0 Å². The minimum atomic E-state index is -0.0156. The van der Waals surface area contributed by atoms with Crippen LogP contribution in [-0.2, 0) is 0 Å². The highest BCUT2D eigenvalue weighted by Gasteiger charge is 2.12. The maximum absolute atomic E-state index is 12.9. The first-order valence-corrected chi connectivity index (χ1v) is 9.18. The van der Waals surface area contributed by atoms with E-state index in [1.807, 2.05) is 54.6 Å². The molecule has 0 unspecified atom stereocenters. The monoisotopic (exact) mass is 374 g/mol. The third-order valence-electron chi connectivity index (χ3n) is 3.27. The van der Waals surface area contributed by atoms with E-state index < -0.39 is 0 Å². The average molecular weight is 375 g/mol. The molecule has 112 valence electrons. The molecule has 0 aliphatic carbocycles. The maximum atomic E-state index is 12.9. The second-order valence-electron chi connectivity index (χ2n) is 4.78. The van der Waals surface area contributed by atoms with Gasteiger partial charge < -0.3 is 0 Å². The number of aromatic nitrogens is 2. The molecule has 3 rings (SSSR count). The van der Waals surface area contributed by atoms with Gasteiger partial charge >= 0.3 is 0 Å². The van der Waals surface area contributed by atoms with E-state index in [1.54, 1.807) is 16.3 Å². The van der Waals surface area contributed by atoms with E-state index in [4.69, 9.17) is 4.98 Å². The molecule has 2 aromatic carbocycles. The summed E-state index contributed by atoms with van der Waals surface area (Å²) in [4.78, 5) is 17.6. The fraction of sp³-hybridized carbons (Fsp3) is 0.176. The lowest BCUT2D eigenvalue weighted by atomic mass is 10.2. The molecule has 0 fully saturated rings. The number of para-hydroxylation sites is 2. The number of thioether (sulfide) groups is 1. The topological polar surface area (TPSA) is 34.9 Å². The summed E-state index contributed by atoms with van der Waals surface area (Å²) in [7, 11) is 0. The lowest BCUT2D eigenvalue weighted by Crippen LogP contribution is -2.21. The van der Waals surface area contributed by atoms with Crippen LogP contribution in [0.1, 0.15) is 6.42 Å². The van der Waals surface area contributed by atoms with Gasteiger partial charge in [0.1, 0.15) is 0 Å². The van der Waals surface area contributed by atoms with E-state index in [9.17, 15) is 4.79 Å². The molecular weight excluding hydrogens is 360 g/mol. The zero-order chi connectivity index (χ0) is 15.4. The van der Waals surface area contributed by atoms with E-state index in [-0.39, 0.29) is 5.56 Å². The van der Waals surface area contributed by atoms with Gasteiger partial charge in [0, 0.05) is 11.1 Å². The van der Waals surface area contributed by atoms with Crippen LogP contribution >= 0.6 is 27.7 Å². The van der Waals surface area contributed by atoms with Gasteiger partial charge in [-0.1, -0.05) is 58.0 Å². The molecule has 0 saturated heterocycles. The van der Waals surface area contributed by atoms with Crippen molar-refractivity contribution in [1.29, 1.82) is 0 Å². The SMILES string of the molecule is O=c1c2ccccc2nc(SCCCBr)n1-c1ccccc1. The standard InChI is InChI=1S/C17H15BrN2OS/c18-11-6-12-22-17-19-15-10-5-4-9-14(15)16(21)20(17)13-7-2-1-3-8-13/h1-5,7-10H,6,11-12H2. The molecule has 3 aromatic rings. The van der Waals surface area contributed by atoms with Gasteiger partial charge in [0.15, 0.2) is 5.16 Å². The Labute approximate surface area is 141 Å². The Kier molecular flexibility index (Phi) is 4.95. The van der Waals surface area contributed by atoms with Crippen LogP contribution in [-0.4, -0.2) is 20.6 Å². The quantitative estimate of drug-likeness (QED) is 0.289. The smallest absolute Gasteiger partial charge is 0.266 e. The van der Waals surface area contributed by atoms with E-state index in [2.05, 4.69) is 15.9 Å². The normalized spacial score (nSPS) is 11.0. The Morgan fingerprint density at radius 1 is 1.05 bits per heavy atom. The molecule has 0 bridgehead atoms. The highest BCUT2D eigenvalue weighted by Crippen LogP contribution is 2.21. The number of hydrogen-bond donors (Lipinski definition) is 0. The molecule has 0 atom stereocenters. The Bertz CT molecular complexity index is 833. The van der Waals surface area contributed by atoms with E-state index in [1.165, 1.54) is 0 Å². The lowest BCUT2D eigenvalue weighted by Gasteiger charge is -2.12. The fourth-order valence-electron chi connectivity index (χ4n) is 2.23. The van der Waals surface area contributed by atoms with Crippen molar-refractivity contribution in [2.75, 3.05) is 11.1 Å². The molecule has 0 saturated carbocycles. The zero-order valence-electron chi connectivity index (χ0n) is 11.9. The third kappa shape index (κ3) is 3.10. The summed E-state index contributed by atoms with van der Waals surface area (Å²) in [6.07, 6.45) is 1.03. The van der Waals surface area contributed by atoms with Crippen molar-refractivity contribution in [2.45, 2.75) is 11.6 Å². The van der Waals surface area contributed by atoms with Crippen LogP contribution in [0.5, 0.6) is 0 Å². The molecule has 3 nitrogen and oxygen atoms in total. The number of fused-ring (bicyclic) bond motifs is 1. The average Bonchev–Trinajstić information content (AvgIpc) is 2.56. The molecule has 0 amide bonds. The van der Waals surface area contributed by atoms with Crippen molar-refractivity contribution in [1.82, 2.24) is 9.55 Å². The molecule has 5 heteroatoms. The van der Waals surface area contributed by atoms with Crippen molar-refractivity contribution in [3.05, 3.63) is 65.0 Å². The Morgan fingerprint density at radius 3 is 2.55 bits per heavy atom. The van der Waals surface area contributed by atoms with Gasteiger partial charge in [-0.2, -0.15) is 0 Å². The number of hydrogen-bond acceptors (Lipinski definition) is 3. The van der Waals surface area contributed by atoms with Gasteiger partial charge in [0.25, 0.3) is 5.56 Å². The second-order valence-corrected chi connectivity index (χ2v) is 6.63. The van der Waals surface area contributed by atoms with Crippen LogP contribution in [0, 0.1) is 0 Å². The van der Waals surface area contributed by atoms with Crippen molar-refractivity contribution in [3.63, 3.8) is 0 Å². The predicted octanol–water partition coefficient (Wildman–Crippen LogP) is 4.26. The minimum Gasteiger partial charge on any atom is -0.268 e. The number of rotatable bonds is 5. The minimum absolute atomic E-state index is 0.0156. The van der Waals surface area contributed by atoms with Gasteiger partial charge in [-0.25, -0.2) is 4.98 Å². The highest BCUT2D eigenvalue weighted by atomic mass is 79.9. The van der Waals surface area contributed by atoms with Gasteiger partial charge in [0.2, 0.25) is 0 Å². The van der Waals surface area contributed by atoms with Crippen LogP contribution in [0.4, 0.5) is 0 Å². The second kappa shape index (κ2) is 7.11. The molecule has 0 aliphatic rings. The van der Waals surface area contributed by atoms with Crippen molar-refractivity contribution in [3.8, 4) is 5.69 Å². The van der Waals surface area contributed by atoms with E-state index >= 15 is 0 Å². The number of nitrogens with zero attached hydrogens (tertiary/aromatic N) is 2. The molecule has 22 heavy (non-hydrogen) atoms. The molecule has 0 radical (unpaired) electrons. The van der Waals surface area contributed by atoms with E-state index in [0.29, 0.717) is 5.39 Å². The number of halogens is 1. The van der Waals surface area contributed by atoms with Gasteiger partial charge in [0.05, 0.1) is 16.6 Å². The van der Waals surface area contributed by atoms with Crippen LogP contribution in [0.15, 0.2) is 64.5 Å². The van der Waals surface area contributed by atoms with Crippen molar-refractivity contribution in [2.24, 2.45) is 0 Å². The molecule has 0 N–H and O–H groups in total. The lowest BCUT2D eigenvalue weighted by molar-refractivity contribution is 0.819. The highest BCUT2D eigenvalue weighted by molar-refractivity contribution is 9.09. The summed E-state index contributed by atoms with van der Waals surface area (Å²) in [5.41, 5.74) is 1.59. The predicted molar refractivity (Wildman–Crippen MR) is 96.5 cm³/mol. The van der Waals surface area contributed by atoms with Gasteiger partial charge in [-0.05, 0) is 30.7 Å². The third-order valence-corrected chi connectivity index (χ3v) is 4.85. The fourth-order valence-corrected chi connectivity index (χ4v) is 3.84. The summed E-state index contributed by atoms with van der Waals surface area (Å²) >= 11 is 5.06. The van der Waals surface area contributed by atoms with E-state index in [0.717, 1.165) is 33.9 Å². The first-order chi connectivity index (χ1) is 10.8. The number of benzene rings is 2. The maximum Gasteiger partial charge on any atom is 0.266 e. The Balaban J connectivity index is 2.20. The molecule has 1 aromatic heterocycles. The first-order valence-electron chi connectivity index (χ1n) is 7.07. The number of alkyl halides is 1. The van der Waals surface area contributed by atoms with Gasteiger partial charge in [-0.3, -0.25) is 9.36 Å². The summed E-state index contributed by atoms with van der Waals surface area (Å²) in [6.45, 7) is 0. The first kappa shape index (κ1) is 15.3. The molecule has 1 heterocycles. The summed E-state index contributed by atoms with van der Waals surface area (Å²) in [6, 6.07) is 17.2. The summed E-state index contributed by atoms with van der Waals surface area (Å²) in [5.74, 6) is 0.920. The molecule has 0 aliphatic heterocycles. The zero-order valence-corrected chi connectivity index (χ0v) is 14.3. The van der Waals surface area contributed by atoms with Crippen LogP contribution in [0.2, 0.25) is 0 Å². The van der Waals surface area contributed by atoms with Gasteiger partial charge in [-0.15, -0.1) is 0 Å². The van der Waals surface area contributed by atoms with Crippen molar-refractivity contribution >= 4 is 38.6 Å². The van der Waals surface area contributed by atoms with Crippen LogP contribution < -0.4 is 5.56 Å². The largest absolute Gasteiger partial charge is 0.268 e. The van der Waals surface area contributed by atoms with Crippen LogP contribution in [0.25, 0.3) is 16.6 Å². The summed E-state index contributed by atoms with van der Waals surface area (Å²) in [5, 5.41) is 2.34.